The van der Waals surface area contributed by atoms with Crippen molar-refractivity contribution in [3.05, 3.63) is 17.8 Å². The molecule has 0 aliphatic carbocycles. The van der Waals surface area contributed by atoms with Crippen LogP contribution in [0.4, 0.5) is 11.5 Å². The molecular weight excluding hydrogens is 252 g/mol. The third kappa shape index (κ3) is 2.21. The monoisotopic (exact) mass is 275 g/mol. The van der Waals surface area contributed by atoms with E-state index < -0.39 is 0 Å². The van der Waals surface area contributed by atoms with Gasteiger partial charge in [0.2, 0.25) is 0 Å². The zero-order chi connectivity index (χ0) is 14.0. The summed E-state index contributed by atoms with van der Waals surface area (Å²) in [5, 5.41) is 8.36. The van der Waals surface area contributed by atoms with Gasteiger partial charge in [-0.15, -0.1) is 0 Å². The van der Waals surface area contributed by atoms with Crippen molar-refractivity contribution in [2.24, 2.45) is 5.10 Å². The first-order valence-electron chi connectivity index (χ1n) is 7.55. The predicted molar refractivity (Wildman–Crippen MR) is 82.2 cm³/mol. The Bertz CT molecular complexity index is 505. The lowest BCUT2D eigenvalue weighted by Gasteiger charge is -2.27. The van der Waals surface area contributed by atoms with Gasteiger partial charge in [-0.2, -0.15) is 4.59 Å². The molecule has 0 bridgehead atoms. The van der Waals surface area contributed by atoms with Crippen molar-refractivity contribution < 1.29 is 4.74 Å². The third-order valence-corrected chi connectivity index (χ3v) is 4.40. The number of nitrogens with zero attached hydrogens (tertiary/aromatic N) is 3. The van der Waals surface area contributed by atoms with Crippen molar-refractivity contribution in [3.63, 3.8) is 0 Å². The van der Waals surface area contributed by atoms with Crippen molar-refractivity contribution in [2.75, 3.05) is 31.6 Å². The fourth-order valence-electron chi connectivity index (χ4n) is 3.02. The first-order valence-corrected chi connectivity index (χ1v) is 7.55. The molecule has 20 heavy (non-hydrogen) atoms. The van der Waals surface area contributed by atoms with Gasteiger partial charge in [0.1, 0.15) is 24.9 Å². The molecule has 1 aromatic heterocycles. The summed E-state index contributed by atoms with van der Waals surface area (Å²) in [6, 6.07) is 2.56. The largest absolute Gasteiger partial charge is 0.381 e. The molecule has 0 atom stereocenters. The highest BCUT2D eigenvalue weighted by atomic mass is 16.5. The number of hydrogen-bond donors (Lipinski definition) is 1. The number of anilines is 1. The van der Waals surface area contributed by atoms with Crippen LogP contribution < -0.4 is 9.91 Å². The van der Waals surface area contributed by atoms with Crippen LogP contribution in [0, 0.1) is 0 Å². The van der Waals surface area contributed by atoms with Crippen molar-refractivity contribution in [1.82, 2.24) is 9.58 Å². The minimum Gasteiger partial charge on any atom is -0.381 e. The van der Waals surface area contributed by atoms with Crippen LogP contribution in [0.15, 0.2) is 17.4 Å². The summed E-state index contributed by atoms with van der Waals surface area (Å²) in [6.07, 6.45) is 6.01. The number of hydrogen-bond acceptors (Lipinski definition) is 4. The Balaban J connectivity index is 1.88. The van der Waals surface area contributed by atoms with Gasteiger partial charge in [-0.05, 0) is 32.8 Å². The minimum absolute atomic E-state index is 0.495. The van der Waals surface area contributed by atoms with E-state index in [0.29, 0.717) is 10.6 Å². The van der Waals surface area contributed by atoms with Crippen molar-refractivity contribution >= 4 is 17.7 Å². The lowest BCUT2D eigenvalue weighted by atomic mass is 10.1. The summed E-state index contributed by atoms with van der Waals surface area (Å²) in [4.78, 5) is 4.59. The number of aromatic nitrogens is 1. The van der Waals surface area contributed by atoms with Gasteiger partial charge in [-0.1, -0.05) is 5.10 Å². The number of ether oxygens (including phenoxy) is 1. The van der Waals surface area contributed by atoms with Gasteiger partial charge >= 0.3 is 0 Å². The van der Waals surface area contributed by atoms with Crippen LogP contribution in [0.5, 0.6) is 0 Å². The number of quaternary nitrogens is 1. The normalized spacial score (nSPS) is 20.9. The van der Waals surface area contributed by atoms with E-state index in [1.165, 1.54) is 0 Å². The molecule has 108 valence electrons. The van der Waals surface area contributed by atoms with Crippen LogP contribution in [0.2, 0.25) is 0 Å². The molecule has 3 heterocycles. The Morgan fingerprint density at radius 2 is 2.05 bits per heavy atom. The number of rotatable bonds is 4. The van der Waals surface area contributed by atoms with Crippen LogP contribution >= 0.6 is 0 Å². The Morgan fingerprint density at radius 1 is 1.30 bits per heavy atom. The second-order valence-electron chi connectivity index (χ2n) is 5.43. The van der Waals surface area contributed by atoms with Gasteiger partial charge in [0.25, 0.3) is 5.82 Å². The molecule has 2 aliphatic rings. The minimum atomic E-state index is 0.495. The van der Waals surface area contributed by atoms with Crippen molar-refractivity contribution in [3.8, 4) is 0 Å². The average Bonchev–Trinajstić information content (AvgIpc) is 2.89. The lowest BCUT2D eigenvalue weighted by molar-refractivity contribution is 0.0904. The molecule has 1 aromatic rings. The topological polar surface area (TPSA) is 46.5 Å². The van der Waals surface area contributed by atoms with Gasteiger partial charge < -0.3 is 10.1 Å². The third-order valence-electron chi connectivity index (χ3n) is 4.40. The second-order valence-corrected chi connectivity index (χ2v) is 5.43. The predicted octanol–water partition coefficient (Wildman–Crippen LogP) is 2.37. The molecule has 0 unspecified atom stereocenters. The molecular formula is C15H23N4O+. The lowest BCUT2D eigenvalue weighted by Crippen LogP contribution is -2.42. The average molecular weight is 275 g/mol. The number of pyridine rings is 1. The van der Waals surface area contributed by atoms with E-state index >= 15 is 0 Å². The van der Waals surface area contributed by atoms with Gasteiger partial charge in [-0.3, -0.25) is 0 Å². The zero-order valence-electron chi connectivity index (χ0n) is 12.3. The van der Waals surface area contributed by atoms with Gasteiger partial charge in [0.05, 0.1) is 5.69 Å². The van der Waals surface area contributed by atoms with Crippen molar-refractivity contribution in [1.29, 1.82) is 0 Å². The molecule has 5 heteroatoms. The van der Waals surface area contributed by atoms with Gasteiger partial charge in [-0.25, -0.2) is 4.98 Å². The maximum absolute atomic E-state index is 5.42. The van der Waals surface area contributed by atoms with E-state index in [4.69, 9.17) is 9.84 Å². The van der Waals surface area contributed by atoms with Crippen LogP contribution in [0.1, 0.15) is 32.3 Å². The summed E-state index contributed by atoms with van der Waals surface area (Å²) in [5.41, 5.74) is 2.32. The van der Waals surface area contributed by atoms with E-state index in [9.17, 15) is 0 Å². The molecule has 0 aromatic carbocycles. The molecule has 0 spiro atoms. The Labute approximate surface area is 120 Å². The fourth-order valence-corrected chi connectivity index (χ4v) is 3.02. The number of nitrogens with one attached hydrogen (secondary N) is 1. The molecule has 1 N–H and O–H groups in total. The Morgan fingerprint density at radius 3 is 2.75 bits per heavy atom. The van der Waals surface area contributed by atoms with E-state index in [-0.39, 0.29) is 0 Å². The van der Waals surface area contributed by atoms with Crippen LogP contribution in [-0.2, 0) is 4.74 Å². The highest BCUT2D eigenvalue weighted by molar-refractivity contribution is 5.96. The first-order chi connectivity index (χ1) is 9.79. The van der Waals surface area contributed by atoms with Crippen molar-refractivity contribution in [2.45, 2.75) is 32.7 Å². The van der Waals surface area contributed by atoms with Gasteiger partial charge in [0, 0.05) is 25.5 Å². The van der Waals surface area contributed by atoms with Crippen LogP contribution in [0.3, 0.4) is 0 Å². The highest BCUT2D eigenvalue weighted by Crippen LogP contribution is 2.34. The molecule has 0 radical (unpaired) electrons. The smallest absolute Gasteiger partial charge is 0.265 e. The molecule has 1 fully saturated rings. The van der Waals surface area contributed by atoms with Crippen LogP contribution in [-0.4, -0.2) is 43.5 Å². The molecule has 2 aliphatic heterocycles. The molecule has 0 saturated carbocycles. The highest BCUT2D eigenvalue weighted by Gasteiger charge is 2.37. The van der Waals surface area contributed by atoms with E-state index in [1.807, 2.05) is 12.4 Å². The summed E-state index contributed by atoms with van der Waals surface area (Å²) in [5.74, 6) is 1.08. The maximum Gasteiger partial charge on any atom is 0.265 e. The second kappa shape index (κ2) is 5.50. The fraction of sp³-hybridized carbons (Fsp3) is 0.600. The molecule has 1 saturated heterocycles. The summed E-state index contributed by atoms with van der Waals surface area (Å²) in [6.45, 7) is 7.90. The van der Waals surface area contributed by atoms with E-state index in [1.54, 1.807) is 0 Å². The van der Waals surface area contributed by atoms with Crippen LogP contribution in [0.25, 0.3) is 0 Å². The molecule has 3 rings (SSSR count). The summed E-state index contributed by atoms with van der Waals surface area (Å²) < 4.78 is 6.03. The Hall–Kier alpha value is -1.46. The first kappa shape index (κ1) is 13.5. The summed E-state index contributed by atoms with van der Waals surface area (Å²) >= 11 is 0. The van der Waals surface area contributed by atoms with E-state index in [2.05, 4.69) is 30.2 Å². The Kier molecular flexibility index (Phi) is 3.72. The standard InChI is InChI=1S/C15H23N4O/c1-3-19(4-2)15-13(11-17-19)14(5-8-16-15)18-12-6-9-20-10-7-12/h5,8,11-12H,3-4,6-7,9-10H2,1-2H3,(H,16,18)/q+1. The van der Waals surface area contributed by atoms with Gasteiger partial charge in [0.15, 0.2) is 0 Å². The molecule has 0 amide bonds. The quantitative estimate of drug-likeness (QED) is 0.858. The maximum atomic E-state index is 5.42. The zero-order valence-corrected chi connectivity index (χ0v) is 12.3. The SMILES string of the molecule is CC[N+]1(CC)N=Cc2c(NC3CCOCC3)ccnc21. The molecule has 5 nitrogen and oxygen atoms in total. The van der Waals surface area contributed by atoms with E-state index in [0.717, 1.165) is 56.2 Å². The number of fused-ring (bicyclic) bond motifs is 1. The summed E-state index contributed by atoms with van der Waals surface area (Å²) in [7, 11) is 0.